The Bertz CT molecular complexity index is 866. The summed E-state index contributed by atoms with van der Waals surface area (Å²) in [5, 5.41) is 9.13. The van der Waals surface area contributed by atoms with Gasteiger partial charge in [-0.1, -0.05) is 18.2 Å². The number of likely N-dealkylation sites (tertiary alicyclic amines) is 1. The maximum absolute atomic E-state index is 12.8. The molecule has 1 fully saturated rings. The predicted octanol–water partition coefficient (Wildman–Crippen LogP) is 4.26. The first-order chi connectivity index (χ1) is 12.9. The summed E-state index contributed by atoms with van der Waals surface area (Å²) in [6.07, 6.45) is -3.65. The second kappa shape index (κ2) is 7.70. The van der Waals surface area contributed by atoms with Crippen molar-refractivity contribution in [3.05, 3.63) is 65.2 Å². The molecule has 2 aromatic carbocycles. The maximum Gasteiger partial charge on any atom is 0.416 e. The average molecular weight is 374 g/mol. The van der Waals surface area contributed by atoms with Crippen LogP contribution in [0.4, 0.5) is 13.2 Å². The van der Waals surface area contributed by atoms with E-state index in [4.69, 9.17) is 10.00 Å². The van der Waals surface area contributed by atoms with Crippen LogP contribution in [0, 0.1) is 11.3 Å². The van der Waals surface area contributed by atoms with Gasteiger partial charge in [0.15, 0.2) is 0 Å². The Morgan fingerprint density at radius 1 is 1.11 bits per heavy atom. The van der Waals surface area contributed by atoms with E-state index in [0.717, 1.165) is 12.1 Å². The van der Waals surface area contributed by atoms with Gasteiger partial charge in [-0.05, 0) is 30.3 Å². The Labute approximate surface area is 154 Å². The van der Waals surface area contributed by atoms with Gasteiger partial charge in [0, 0.05) is 25.9 Å². The van der Waals surface area contributed by atoms with Gasteiger partial charge < -0.3 is 9.64 Å². The highest BCUT2D eigenvalue weighted by Gasteiger charge is 2.31. The second-order valence-corrected chi connectivity index (χ2v) is 6.29. The van der Waals surface area contributed by atoms with Crippen molar-refractivity contribution in [3.8, 4) is 11.8 Å². The summed E-state index contributed by atoms with van der Waals surface area (Å²) in [7, 11) is 0. The van der Waals surface area contributed by atoms with Crippen molar-refractivity contribution in [2.75, 3.05) is 13.1 Å². The van der Waals surface area contributed by atoms with E-state index in [0.29, 0.717) is 37.1 Å². The van der Waals surface area contributed by atoms with Gasteiger partial charge in [0.2, 0.25) is 0 Å². The fourth-order valence-corrected chi connectivity index (χ4v) is 3.05. The van der Waals surface area contributed by atoms with Crippen LogP contribution in [0.1, 0.15) is 34.3 Å². The number of carbonyl (C=O) groups excluding carboxylic acids is 1. The van der Waals surface area contributed by atoms with Gasteiger partial charge in [-0.2, -0.15) is 18.4 Å². The quantitative estimate of drug-likeness (QED) is 0.807. The Hall–Kier alpha value is -3.01. The van der Waals surface area contributed by atoms with Crippen LogP contribution in [0.5, 0.6) is 5.75 Å². The van der Waals surface area contributed by atoms with Crippen LogP contribution in [-0.2, 0) is 6.18 Å². The standard InChI is InChI=1S/C20H17F3N2O2/c21-20(22,23)15-5-3-6-17(12-15)27-16-8-10-25(11-9-16)19(26)18-7-2-1-4-14(18)13-24/h1-7,12,16H,8-11H2. The molecule has 0 aliphatic carbocycles. The summed E-state index contributed by atoms with van der Waals surface area (Å²) in [4.78, 5) is 14.2. The highest BCUT2D eigenvalue weighted by Crippen LogP contribution is 2.32. The van der Waals surface area contributed by atoms with Crippen molar-refractivity contribution in [3.63, 3.8) is 0 Å². The highest BCUT2D eigenvalue weighted by molar-refractivity contribution is 5.96. The topological polar surface area (TPSA) is 53.3 Å². The van der Waals surface area contributed by atoms with E-state index < -0.39 is 11.7 Å². The molecule has 1 saturated heterocycles. The van der Waals surface area contributed by atoms with Crippen molar-refractivity contribution in [2.24, 2.45) is 0 Å². The molecular weight excluding hydrogens is 357 g/mol. The molecule has 1 heterocycles. The van der Waals surface area contributed by atoms with Crippen molar-refractivity contribution in [1.82, 2.24) is 4.90 Å². The first-order valence-electron chi connectivity index (χ1n) is 8.51. The van der Waals surface area contributed by atoms with Gasteiger partial charge in [0.25, 0.3) is 5.91 Å². The first kappa shape index (κ1) is 18.8. The Balaban J connectivity index is 1.61. The van der Waals surface area contributed by atoms with E-state index in [1.165, 1.54) is 12.1 Å². The average Bonchev–Trinajstić information content (AvgIpc) is 2.67. The van der Waals surface area contributed by atoms with Gasteiger partial charge in [0.1, 0.15) is 11.9 Å². The number of hydrogen-bond donors (Lipinski definition) is 0. The van der Waals surface area contributed by atoms with Crippen molar-refractivity contribution < 1.29 is 22.7 Å². The van der Waals surface area contributed by atoms with Gasteiger partial charge >= 0.3 is 6.18 Å². The molecule has 0 spiro atoms. The lowest BCUT2D eigenvalue weighted by molar-refractivity contribution is -0.137. The molecule has 1 aliphatic heterocycles. The van der Waals surface area contributed by atoms with E-state index in [2.05, 4.69) is 0 Å². The van der Waals surface area contributed by atoms with E-state index >= 15 is 0 Å². The number of alkyl halides is 3. The third-order valence-electron chi connectivity index (χ3n) is 4.47. The van der Waals surface area contributed by atoms with Crippen LogP contribution in [0.2, 0.25) is 0 Å². The molecule has 0 aromatic heterocycles. The summed E-state index contributed by atoms with van der Waals surface area (Å²) in [5.41, 5.74) is -0.0668. The summed E-state index contributed by atoms with van der Waals surface area (Å²) >= 11 is 0. The minimum atomic E-state index is -4.41. The number of rotatable bonds is 3. The molecule has 3 rings (SSSR count). The fourth-order valence-electron chi connectivity index (χ4n) is 3.05. The molecule has 7 heteroatoms. The highest BCUT2D eigenvalue weighted by atomic mass is 19.4. The lowest BCUT2D eigenvalue weighted by Crippen LogP contribution is -2.42. The fraction of sp³-hybridized carbons (Fsp3) is 0.300. The van der Waals surface area contributed by atoms with Crippen LogP contribution in [0.3, 0.4) is 0 Å². The normalized spacial score (nSPS) is 15.3. The molecule has 27 heavy (non-hydrogen) atoms. The first-order valence-corrected chi connectivity index (χ1v) is 8.51. The van der Waals surface area contributed by atoms with Crippen LogP contribution in [-0.4, -0.2) is 30.0 Å². The zero-order valence-corrected chi connectivity index (χ0v) is 14.4. The third kappa shape index (κ3) is 4.40. The molecule has 140 valence electrons. The number of ether oxygens (including phenoxy) is 1. The molecule has 0 radical (unpaired) electrons. The van der Waals surface area contributed by atoms with E-state index in [1.807, 2.05) is 6.07 Å². The lowest BCUT2D eigenvalue weighted by Gasteiger charge is -2.32. The third-order valence-corrected chi connectivity index (χ3v) is 4.47. The van der Waals surface area contributed by atoms with E-state index in [9.17, 15) is 18.0 Å². The smallest absolute Gasteiger partial charge is 0.416 e. The van der Waals surface area contributed by atoms with Gasteiger partial charge in [-0.3, -0.25) is 4.79 Å². The summed E-state index contributed by atoms with van der Waals surface area (Å²) < 4.78 is 44.0. The maximum atomic E-state index is 12.8. The molecular formula is C20H17F3N2O2. The number of halogens is 3. The number of hydrogen-bond acceptors (Lipinski definition) is 3. The van der Waals surface area contributed by atoms with E-state index in [-0.39, 0.29) is 17.8 Å². The van der Waals surface area contributed by atoms with Crippen molar-refractivity contribution in [1.29, 1.82) is 5.26 Å². The molecule has 1 aliphatic rings. The number of nitriles is 1. The van der Waals surface area contributed by atoms with Crippen LogP contribution < -0.4 is 4.74 Å². The number of benzene rings is 2. The number of carbonyl (C=O) groups is 1. The molecule has 1 amide bonds. The lowest BCUT2D eigenvalue weighted by atomic mass is 10.0. The molecule has 0 N–H and O–H groups in total. The van der Waals surface area contributed by atoms with Crippen molar-refractivity contribution >= 4 is 5.91 Å². The molecule has 0 saturated carbocycles. The minimum absolute atomic E-state index is 0.171. The summed E-state index contributed by atoms with van der Waals surface area (Å²) in [5.74, 6) is -0.0471. The Kier molecular flexibility index (Phi) is 5.36. The zero-order chi connectivity index (χ0) is 19.4. The predicted molar refractivity (Wildman–Crippen MR) is 92.2 cm³/mol. The molecule has 2 aromatic rings. The van der Waals surface area contributed by atoms with Crippen LogP contribution >= 0.6 is 0 Å². The number of piperidine rings is 1. The van der Waals surface area contributed by atoms with Crippen molar-refractivity contribution in [2.45, 2.75) is 25.1 Å². The molecule has 0 bridgehead atoms. The van der Waals surface area contributed by atoms with Gasteiger partial charge in [-0.15, -0.1) is 0 Å². The second-order valence-electron chi connectivity index (χ2n) is 6.29. The van der Waals surface area contributed by atoms with E-state index in [1.54, 1.807) is 29.2 Å². The summed E-state index contributed by atoms with van der Waals surface area (Å²) in [6, 6.07) is 13.4. The molecule has 4 nitrogen and oxygen atoms in total. The zero-order valence-electron chi connectivity index (χ0n) is 14.4. The number of nitrogens with zero attached hydrogens (tertiary/aromatic N) is 2. The van der Waals surface area contributed by atoms with Crippen LogP contribution in [0.25, 0.3) is 0 Å². The Morgan fingerprint density at radius 2 is 1.81 bits per heavy atom. The largest absolute Gasteiger partial charge is 0.490 e. The molecule has 0 unspecified atom stereocenters. The van der Waals surface area contributed by atoms with Gasteiger partial charge in [0.05, 0.1) is 22.8 Å². The van der Waals surface area contributed by atoms with Gasteiger partial charge in [-0.25, -0.2) is 0 Å². The Morgan fingerprint density at radius 3 is 2.48 bits per heavy atom. The monoisotopic (exact) mass is 374 g/mol. The SMILES string of the molecule is N#Cc1ccccc1C(=O)N1CCC(Oc2cccc(C(F)(F)F)c2)CC1. The number of amides is 1. The minimum Gasteiger partial charge on any atom is -0.490 e. The molecule has 0 atom stereocenters. The summed E-state index contributed by atoms with van der Waals surface area (Å²) in [6.45, 7) is 0.838. The van der Waals surface area contributed by atoms with Crippen LogP contribution in [0.15, 0.2) is 48.5 Å².